The van der Waals surface area contributed by atoms with Crippen molar-refractivity contribution in [3.63, 3.8) is 0 Å². The van der Waals surface area contributed by atoms with Crippen LogP contribution < -0.4 is 16.6 Å². The Morgan fingerprint density at radius 3 is 2.81 bits per heavy atom. The predicted octanol–water partition coefficient (Wildman–Crippen LogP) is 0.814. The van der Waals surface area contributed by atoms with Crippen LogP contribution in [0.4, 0.5) is 11.4 Å². The lowest BCUT2D eigenvalue weighted by atomic mass is 10.3. The number of unbranched alkanes of at least 4 members (excludes halogenated alkanes) is 1. The number of hydrazine groups is 1. The number of anilines is 2. The summed E-state index contributed by atoms with van der Waals surface area (Å²) in [4.78, 5) is 14.0. The van der Waals surface area contributed by atoms with Gasteiger partial charge in [-0.05, 0) is 12.5 Å². The maximum absolute atomic E-state index is 10.1. The van der Waals surface area contributed by atoms with Crippen molar-refractivity contribution < 1.29 is 4.79 Å². The van der Waals surface area contributed by atoms with E-state index in [1.54, 1.807) is 18.5 Å². The first kappa shape index (κ1) is 14.8. The van der Waals surface area contributed by atoms with E-state index in [9.17, 15) is 4.79 Å². The Kier molecular flexibility index (Phi) is 8.39. The summed E-state index contributed by atoms with van der Waals surface area (Å²) in [7, 11) is 2.42. The molecule has 1 unspecified atom stereocenters. The topological polar surface area (TPSA) is 85.2 Å². The number of nitrogens with two attached hydrogens (primary N) is 2. The summed E-state index contributed by atoms with van der Waals surface area (Å²) >= 11 is 0. The lowest BCUT2D eigenvalue weighted by Crippen LogP contribution is -2.32. The van der Waals surface area contributed by atoms with Crippen molar-refractivity contribution in [3.8, 4) is 0 Å². The zero-order valence-electron chi connectivity index (χ0n) is 9.47. The van der Waals surface area contributed by atoms with Gasteiger partial charge in [-0.25, -0.2) is 5.84 Å². The van der Waals surface area contributed by atoms with Crippen molar-refractivity contribution in [1.82, 2.24) is 4.98 Å². The van der Waals surface area contributed by atoms with E-state index in [0.717, 1.165) is 6.29 Å². The molecule has 0 aliphatic rings. The summed E-state index contributed by atoms with van der Waals surface area (Å²) in [6, 6.07) is 1.69. The van der Waals surface area contributed by atoms with Gasteiger partial charge in [0.15, 0.2) is 0 Å². The maximum atomic E-state index is 10.1. The molecule has 0 fully saturated rings. The quantitative estimate of drug-likeness (QED) is 0.262. The number of rotatable bonds is 5. The van der Waals surface area contributed by atoms with Crippen LogP contribution in [0.15, 0.2) is 18.5 Å². The maximum Gasteiger partial charge on any atom is 0.120 e. The third-order valence-electron chi connectivity index (χ3n) is 1.86. The highest BCUT2D eigenvalue weighted by atomic mass is 31.0. The van der Waals surface area contributed by atoms with Crippen molar-refractivity contribution >= 4 is 26.9 Å². The summed E-state index contributed by atoms with van der Waals surface area (Å²) in [5.41, 5.74) is 6.98. The van der Waals surface area contributed by atoms with Gasteiger partial charge in [-0.2, -0.15) is 0 Å². The minimum absolute atomic E-state index is 0.508. The Balaban J connectivity index is 0.00000106. The summed E-state index contributed by atoms with van der Waals surface area (Å²) in [6.45, 7) is 2.51. The second-order valence-corrected chi connectivity index (χ2v) is 2.94. The number of carbonyl (C=O) groups excluding carboxylic acids is 1. The van der Waals surface area contributed by atoms with Gasteiger partial charge in [0.25, 0.3) is 0 Å². The Bertz CT molecular complexity index is 309. The van der Waals surface area contributed by atoms with Crippen LogP contribution >= 0.6 is 9.24 Å². The summed E-state index contributed by atoms with van der Waals surface area (Å²) < 4.78 is 0. The molecule has 1 aromatic rings. The molecule has 0 radical (unpaired) electrons. The second-order valence-electron chi connectivity index (χ2n) is 2.94. The fourth-order valence-electron chi connectivity index (χ4n) is 1.10. The minimum Gasteiger partial charge on any atom is -0.397 e. The molecule has 6 heteroatoms. The first-order valence-electron chi connectivity index (χ1n) is 4.99. The van der Waals surface area contributed by atoms with Crippen LogP contribution in [0.25, 0.3) is 0 Å². The van der Waals surface area contributed by atoms with E-state index in [2.05, 4.69) is 14.2 Å². The predicted molar refractivity (Wildman–Crippen MR) is 71.1 cm³/mol. The fraction of sp³-hybridized carbons (Fsp3) is 0.400. The zero-order chi connectivity index (χ0) is 12.4. The van der Waals surface area contributed by atoms with E-state index < -0.39 is 0 Å². The minimum atomic E-state index is 0.508. The number of nitrogens with zero attached hydrogens (tertiary/aromatic N) is 2. The lowest BCUT2D eigenvalue weighted by Gasteiger charge is -2.18. The van der Waals surface area contributed by atoms with E-state index in [-0.39, 0.29) is 0 Å². The molecule has 1 heterocycles. The molecule has 5 nitrogen and oxygen atoms in total. The molecule has 16 heavy (non-hydrogen) atoms. The van der Waals surface area contributed by atoms with Gasteiger partial charge in [-0.1, -0.05) is 6.66 Å². The van der Waals surface area contributed by atoms with Gasteiger partial charge >= 0.3 is 0 Å². The van der Waals surface area contributed by atoms with Gasteiger partial charge < -0.3 is 15.5 Å². The summed E-state index contributed by atoms with van der Waals surface area (Å²) in [6.07, 6.45) is 5.32. The van der Waals surface area contributed by atoms with Gasteiger partial charge in [-0.3, -0.25) is 4.98 Å². The van der Waals surface area contributed by atoms with Crippen LogP contribution in [0.2, 0.25) is 0 Å². The van der Waals surface area contributed by atoms with Gasteiger partial charge in [0, 0.05) is 19.2 Å². The molecule has 0 aromatic carbocycles. The fourth-order valence-corrected chi connectivity index (χ4v) is 1.10. The Morgan fingerprint density at radius 2 is 2.25 bits per heavy atom. The number of pyridine rings is 1. The van der Waals surface area contributed by atoms with E-state index in [0.29, 0.717) is 30.8 Å². The van der Waals surface area contributed by atoms with Gasteiger partial charge in [0.2, 0.25) is 0 Å². The molecule has 90 valence electrons. The standard InChI is InChI=1S/C9H14N4O.CH5P/c10-8-3-4-12-7-9(8)13(11)5-1-2-6-14;1-2/h3-4,6-7H,1-2,5,11H2,(H2,10,12);2H2,1H3. The molecule has 0 bridgehead atoms. The van der Waals surface area contributed by atoms with Crippen LogP contribution in [-0.2, 0) is 4.79 Å². The number of aromatic nitrogens is 1. The molecule has 0 aliphatic heterocycles. The van der Waals surface area contributed by atoms with E-state index >= 15 is 0 Å². The van der Waals surface area contributed by atoms with Crippen molar-refractivity contribution in [2.75, 3.05) is 24.0 Å². The van der Waals surface area contributed by atoms with Crippen LogP contribution in [0.3, 0.4) is 0 Å². The first-order valence-corrected chi connectivity index (χ1v) is 6.14. The molecule has 1 aromatic heterocycles. The third kappa shape index (κ3) is 5.05. The van der Waals surface area contributed by atoms with E-state index in [1.165, 1.54) is 5.01 Å². The van der Waals surface area contributed by atoms with Crippen LogP contribution in [0.5, 0.6) is 0 Å². The van der Waals surface area contributed by atoms with Crippen molar-refractivity contribution in [2.24, 2.45) is 5.84 Å². The third-order valence-corrected chi connectivity index (χ3v) is 1.86. The normalized spacial score (nSPS) is 8.94. The average molecular weight is 242 g/mol. The molecule has 0 amide bonds. The van der Waals surface area contributed by atoms with Crippen LogP contribution in [0, 0.1) is 0 Å². The van der Waals surface area contributed by atoms with Gasteiger partial charge in [0.05, 0.1) is 17.6 Å². The molecular formula is C10H19N4OP. The highest BCUT2D eigenvalue weighted by Gasteiger charge is 2.04. The van der Waals surface area contributed by atoms with Crippen LogP contribution in [-0.4, -0.2) is 24.5 Å². The Hall–Kier alpha value is -1.19. The molecule has 0 aliphatic carbocycles. The van der Waals surface area contributed by atoms with Crippen LogP contribution in [0.1, 0.15) is 12.8 Å². The largest absolute Gasteiger partial charge is 0.397 e. The smallest absolute Gasteiger partial charge is 0.120 e. The van der Waals surface area contributed by atoms with Gasteiger partial charge in [-0.15, -0.1) is 9.24 Å². The molecule has 1 rings (SSSR count). The van der Waals surface area contributed by atoms with Crippen molar-refractivity contribution in [1.29, 1.82) is 0 Å². The zero-order valence-corrected chi connectivity index (χ0v) is 10.6. The summed E-state index contributed by atoms with van der Waals surface area (Å²) in [5.74, 6) is 5.73. The Morgan fingerprint density at radius 1 is 1.56 bits per heavy atom. The SMILES string of the molecule is CP.Nc1ccncc1N(N)CCCC=O. The summed E-state index contributed by atoms with van der Waals surface area (Å²) in [5, 5.41) is 1.51. The van der Waals surface area contributed by atoms with Crippen molar-refractivity contribution in [2.45, 2.75) is 12.8 Å². The lowest BCUT2D eigenvalue weighted by molar-refractivity contribution is -0.107. The highest BCUT2D eigenvalue weighted by molar-refractivity contribution is 7.15. The van der Waals surface area contributed by atoms with Crippen molar-refractivity contribution in [3.05, 3.63) is 18.5 Å². The average Bonchev–Trinajstić information content (AvgIpc) is 2.32. The Labute approximate surface area is 98.4 Å². The number of hydrogen-bond donors (Lipinski definition) is 2. The number of nitrogen functional groups attached to an aromatic ring is 1. The first-order chi connectivity index (χ1) is 7.75. The van der Waals surface area contributed by atoms with Gasteiger partial charge in [0.1, 0.15) is 6.29 Å². The second kappa shape index (κ2) is 9.07. The monoisotopic (exact) mass is 242 g/mol. The number of aldehydes is 1. The van der Waals surface area contributed by atoms with E-state index in [1.807, 2.05) is 6.66 Å². The molecule has 4 N–H and O–H groups in total. The highest BCUT2D eigenvalue weighted by Crippen LogP contribution is 2.18. The van der Waals surface area contributed by atoms with E-state index in [4.69, 9.17) is 11.6 Å². The molecule has 1 atom stereocenters. The molecular weight excluding hydrogens is 223 g/mol. The molecule has 0 saturated carbocycles. The number of hydrogen-bond acceptors (Lipinski definition) is 5. The molecule has 0 saturated heterocycles. The molecule has 0 spiro atoms. The number of carbonyl (C=O) groups is 1.